The Kier molecular flexibility index (Phi) is 3.92. The van der Waals surface area contributed by atoms with Crippen LogP contribution in [0.25, 0.3) is 6.08 Å². The van der Waals surface area contributed by atoms with E-state index in [2.05, 4.69) is 0 Å². The molecule has 0 aromatic heterocycles. The Hall–Kier alpha value is -2.28. The van der Waals surface area contributed by atoms with E-state index in [9.17, 15) is 4.79 Å². The van der Waals surface area contributed by atoms with Gasteiger partial charge in [0, 0.05) is 6.08 Å². The normalized spacial score (nSPS) is 9.80. The minimum absolute atomic E-state index is 0.0217. The molecule has 4 nitrogen and oxygen atoms in total. The quantitative estimate of drug-likeness (QED) is 0.756. The van der Waals surface area contributed by atoms with Gasteiger partial charge in [-0.15, -0.1) is 0 Å². The van der Waals surface area contributed by atoms with Gasteiger partial charge in [0.15, 0.2) is 6.61 Å². The van der Waals surface area contributed by atoms with Gasteiger partial charge < -0.3 is 9.84 Å². The van der Waals surface area contributed by atoms with Gasteiger partial charge in [-0.1, -0.05) is 12.1 Å². The van der Waals surface area contributed by atoms with Crippen molar-refractivity contribution in [1.29, 1.82) is 5.26 Å². The van der Waals surface area contributed by atoms with E-state index < -0.39 is 5.97 Å². The summed E-state index contributed by atoms with van der Waals surface area (Å²) in [6.45, 7) is -0.0217. The van der Waals surface area contributed by atoms with Gasteiger partial charge in [-0.3, -0.25) is 0 Å². The van der Waals surface area contributed by atoms with Gasteiger partial charge in [-0.2, -0.15) is 5.26 Å². The first kappa shape index (κ1) is 10.8. The molecule has 0 unspecified atom stereocenters. The molecule has 0 amide bonds. The first-order valence-electron chi connectivity index (χ1n) is 4.23. The smallest absolute Gasteiger partial charge is 0.328 e. The van der Waals surface area contributed by atoms with Crippen molar-refractivity contribution in [3.8, 4) is 11.8 Å². The third-order valence-corrected chi connectivity index (χ3v) is 1.58. The van der Waals surface area contributed by atoms with Crippen molar-refractivity contribution in [1.82, 2.24) is 0 Å². The summed E-state index contributed by atoms with van der Waals surface area (Å²) in [5.41, 5.74) is 0.716. The third kappa shape index (κ3) is 3.96. The highest BCUT2D eigenvalue weighted by Gasteiger charge is 1.94. The van der Waals surface area contributed by atoms with Crippen LogP contribution in [0.3, 0.4) is 0 Å². The van der Waals surface area contributed by atoms with E-state index >= 15 is 0 Å². The average Bonchev–Trinajstić information content (AvgIpc) is 2.24. The number of carbonyl (C=O) groups is 1. The van der Waals surface area contributed by atoms with Crippen LogP contribution in [0.5, 0.6) is 5.75 Å². The molecule has 0 bridgehead atoms. The summed E-state index contributed by atoms with van der Waals surface area (Å²) in [6, 6.07) is 8.70. The van der Waals surface area contributed by atoms with E-state index in [0.717, 1.165) is 6.08 Å². The molecule has 15 heavy (non-hydrogen) atoms. The number of carboxylic acids is 1. The van der Waals surface area contributed by atoms with E-state index in [-0.39, 0.29) is 6.61 Å². The first-order chi connectivity index (χ1) is 7.22. The number of ether oxygens (including phenoxy) is 1. The van der Waals surface area contributed by atoms with Crippen molar-refractivity contribution in [3.63, 3.8) is 0 Å². The lowest BCUT2D eigenvalue weighted by molar-refractivity contribution is -0.131. The summed E-state index contributed by atoms with van der Waals surface area (Å²) in [5.74, 6) is -0.456. The average molecular weight is 203 g/mol. The number of benzene rings is 1. The molecule has 0 spiro atoms. The number of carboxylic acid groups (broad SMARTS) is 1. The highest BCUT2D eigenvalue weighted by molar-refractivity contribution is 5.85. The Morgan fingerprint density at radius 1 is 1.60 bits per heavy atom. The van der Waals surface area contributed by atoms with Crippen molar-refractivity contribution in [3.05, 3.63) is 35.9 Å². The lowest BCUT2D eigenvalue weighted by Crippen LogP contribution is -1.93. The molecule has 1 aromatic carbocycles. The molecule has 0 saturated carbocycles. The Balaban J connectivity index is 2.74. The molecule has 1 rings (SSSR count). The highest BCUT2D eigenvalue weighted by Crippen LogP contribution is 2.14. The van der Waals surface area contributed by atoms with E-state index in [1.165, 1.54) is 6.08 Å². The van der Waals surface area contributed by atoms with Gasteiger partial charge in [0.1, 0.15) is 11.8 Å². The molecule has 0 heterocycles. The van der Waals surface area contributed by atoms with Crippen LogP contribution < -0.4 is 4.74 Å². The van der Waals surface area contributed by atoms with Crippen LogP contribution in [-0.4, -0.2) is 17.7 Å². The van der Waals surface area contributed by atoms with Gasteiger partial charge in [0.2, 0.25) is 0 Å². The lowest BCUT2D eigenvalue weighted by atomic mass is 10.2. The van der Waals surface area contributed by atoms with Crippen LogP contribution in [0.1, 0.15) is 5.56 Å². The van der Waals surface area contributed by atoms with Crippen molar-refractivity contribution < 1.29 is 14.6 Å². The second-order valence-corrected chi connectivity index (χ2v) is 2.69. The maximum atomic E-state index is 10.3. The second kappa shape index (κ2) is 5.45. The van der Waals surface area contributed by atoms with E-state index in [4.69, 9.17) is 15.1 Å². The van der Waals surface area contributed by atoms with Crippen molar-refractivity contribution in [2.75, 3.05) is 6.61 Å². The fourth-order valence-electron chi connectivity index (χ4n) is 0.991. The molecular weight excluding hydrogens is 194 g/mol. The summed E-state index contributed by atoms with van der Waals surface area (Å²) in [4.78, 5) is 10.3. The van der Waals surface area contributed by atoms with Crippen LogP contribution in [0.15, 0.2) is 30.3 Å². The lowest BCUT2D eigenvalue weighted by Gasteiger charge is -2.01. The molecule has 0 aliphatic rings. The molecule has 4 heteroatoms. The number of hydrogen-bond donors (Lipinski definition) is 1. The largest absolute Gasteiger partial charge is 0.479 e. The van der Waals surface area contributed by atoms with E-state index in [0.29, 0.717) is 11.3 Å². The molecule has 0 radical (unpaired) electrons. The third-order valence-electron chi connectivity index (χ3n) is 1.58. The fraction of sp³-hybridized carbons (Fsp3) is 0.0909. The highest BCUT2D eigenvalue weighted by atomic mass is 16.5. The standard InChI is InChI=1S/C11H9NO3/c12-6-7-15-10-3-1-2-9(8-10)4-5-11(13)14/h1-5,8H,7H2,(H,13,14)/b5-4+. The SMILES string of the molecule is N#CCOc1cccc(/C=C/C(=O)O)c1. The summed E-state index contributed by atoms with van der Waals surface area (Å²) in [7, 11) is 0. The minimum Gasteiger partial charge on any atom is -0.479 e. The van der Waals surface area contributed by atoms with Crippen LogP contribution in [0.4, 0.5) is 0 Å². The molecule has 0 aliphatic carbocycles. The zero-order chi connectivity index (χ0) is 11.1. The van der Waals surface area contributed by atoms with Crippen LogP contribution >= 0.6 is 0 Å². The minimum atomic E-state index is -1.00. The second-order valence-electron chi connectivity index (χ2n) is 2.69. The van der Waals surface area contributed by atoms with Crippen molar-refractivity contribution in [2.45, 2.75) is 0 Å². The molecule has 1 N–H and O–H groups in total. The maximum Gasteiger partial charge on any atom is 0.328 e. The van der Waals surface area contributed by atoms with E-state index in [1.807, 2.05) is 6.07 Å². The van der Waals surface area contributed by atoms with Gasteiger partial charge in [0.05, 0.1) is 0 Å². The Morgan fingerprint density at radius 3 is 3.07 bits per heavy atom. The molecule has 0 atom stereocenters. The predicted molar refractivity (Wildman–Crippen MR) is 54.2 cm³/mol. The predicted octanol–water partition coefficient (Wildman–Crippen LogP) is 1.69. The molecular formula is C11H9NO3. The number of nitriles is 1. The van der Waals surface area contributed by atoms with Gasteiger partial charge >= 0.3 is 5.97 Å². The molecule has 76 valence electrons. The van der Waals surface area contributed by atoms with Crippen molar-refractivity contribution in [2.24, 2.45) is 0 Å². The first-order valence-corrected chi connectivity index (χ1v) is 4.23. The Bertz CT molecular complexity index is 418. The fourth-order valence-corrected chi connectivity index (χ4v) is 0.991. The summed E-state index contributed by atoms with van der Waals surface area (Å²) >= 11 is 0. The summed E-state index contributed by atoms with van der Waals surface area (Å²) in [5, 5.41) is 16.7. The number of hydrogen-bond acceptors (Lipinski definition) is 3. The zero-order valence-electron chi connectivity index (χ0n) is 7.88. The number of nitrogens with zero attached hydrogens (tertiary/aromatic N) is 1. The van der Waals surface area contributed by atoms with Gasteiger partial charge in [-0.25, -0.2) is 4.79 Å². The van der Waals surface area contributed by atoms with E-state index in [1.54, 1.807) is 24.3 Å². The van der Waals surface area contributed by atoms with Crippen LogP contribution in [0, 0.1) is 11.3 Å². The molecule has 0 aliphatic heterocycles. The van der Waals surface area contributed by atoms with Gasteiger partial charge in [-0.05, 0) is 23.8 Å². The molecule has 1 aromatic rings. The number of aliphatic carboxylic acids is 1. The topological polar surface area (TPSA) is 70.3 Å². The van der Waals surface area contributed by atoms with Crippen molar-refractivity contribution >= 4 is 12.0 Å². The Labute approximate surface area is 87.0 Å². The maximum absolute atomic E-state index is 10.3. The van der Waals surface area contributed by atoms with Crippen LogP contribution in [0.2, 0.25) is 0 Å². The molecule has 0 fully saturated rings. The molecule has 0 saturated heterocycles. The summed E-state index contributed by atoms with van der Waals surface area (Å²) in [6.07, 6.45) is 2.50. The zero-order valence-corrected chi connectivity index (χ0v) is 7.88. The van der Waals surface area contributed by atoms with Crippen LogP contribution in [-0.2, 0) is 4.79 Å². The Morgan fingerprint density at radius 2 is 2.40 bits per heavy atom. The van der Waals surface area contributed by atoms with Gasteiger partial charge in [0.25, 0.3) is 0 Å². The summed E-state index contributed by atoms with van der Waals surface area (Å²) < 4.78 is 5.06. The monoisotopic (exact) mass is 203 g/mol. The number of rotatable bonds is 4.